The SMILES string of the molecule is NOP(=S)(ON)SN. The summed E-state index contributed by atoms with van der Waals surface area (Å²) in [5.74, 6) is 9.33. The Balaban J connectivity index is 3.79. The van der Waals surface area contributed by atoms with Gasteiger partial charge in [0, 0.05) is 11.6 Å². The third-order valence-electron chi connectivity index (χ3n) is 0.387. The molecule has 0 aromatic heterocycles. The average Bonchev–Trinajstić information content (AvgIpc) is 1.87. The summed E-state index contributed by atoms with van der Waals surface area (Å²) in [5, 5.41) is 4.98. The minimum atomic E-state index is -2.58. The van der Waals surface area contributed by atoms with Crippen molar-refractivity contribution in [2.75, 3.05) is 0 Å². The Morgan fingerprint density at radius 1 is 1.38 bits per heavy atom. The van der Waals surface area contributed by atoms with E-state index in [0.29, 0.717) is 11.6 Å². The van der Waals surface area contributed by atoms with Gasteiger partial charge in [0.05, 0.1) is 0 Å². The first-order valence-electron chi connectivity index (χ1n) is 1.44. The lowest BCUT2D eigenvalue weighted by molar-refractivity contribution is 0.272. The number of rotatable bonds is 3. The summed E-state index contributed by atoms with van der Waals surface area (Å²) in [5.41, 5.74) is -2.58. The van der Waals surface area contributed by atoms with E-state index in [1.54, 1.807) is 0 Å². The maximum Gasteiger partial charge on any atom is 0.294 e. The van der Waals surface area contributed by atoms with Gasteiger partial charge < -0.3 is 0 Å². The zero-order chi connectivity index (χ0) is 6.62. The van der Waals surface area contributed by atoms with E-state index in [9.17, 15) is 0 Å². The molecule has 0 rings (SSSR count). The molecule has 0 aliphatic rings. The van der Waals surface area contributed by atoms with Crippen molar-refractivity contribution < 1.29 is 9.25 Å². The van der Waals surface area contributed by atoms with Crippen LogP contribution >= 0.6 is 17.3 Å². The molecule has 0 bridgehead atoms. The van der Waals surface area contributed by atoms with Gasteiger partial charge in [-0.15, -0.1) is 0 Å². The van der Waals surface area contributed by atoms with Gasteiger partial charge in [-0.3, -0.25) is 5.14 Å². The lowest BCUT2D eigenvalue weighted by Gasteiger charge is -2.09. The van der Waals surface area contributed by atoms with E-state index in [4.69, 9.17) is 5.14 Å². The molecule has 0 fully saturated rings. The summed E-state index contributed by atoms with van der Waals surface area (Å²) in [6, 6.07) is 0. The molecule has 6 N–H and O–H groups in total. The molecular weight excluding hydrogens is 169 g/mol. The Morgan fingerprint density at radius 3 is 1.75 bits per heavy atom. The maximum absolute atomic E-state index is 4.98. The van der Waals surface area contributed by atoms with Crippen LogP contribution in [0.3, 0.4) is 0 Å². The minimum absolute atomic E-state index is 0.704. The summed E-state index contributed by atoms with van der Waals surface area (Å²) in [7, 11) is 0. The van der Waals surface area contributed by atoms with Gasteiger partial charge >= 0.3 is 0 Å². The average molecular weight is 175 g/mol. The molecule has 0 atom stereocenters. The number of hydrogen-bond donors (Lipinski definition) is 3. The summed E-state index contributed by atoms with van der Waals surface area (Å²) in [4.78, 5) is 0. The highest BCUT2D eigenvalue weighted by Gasteiger charge is 2.14. The van der Waals surface area contributed by atoms with Crippen LogP contribution in [0.4, 0.5) is 0 Å². The monoisotopic (exact) mass is 175 g/mol. The smallest absolute Gasteiger partial charge is 0.270 e. The van der Waals surface area contributed by atoms with Gasteiger partial charge in [-0.1, -0.05) is 0 Å². The fraction of sp³-hybridized carbons (Fsp3) is 0. The van der Waals surface area contributed by atoms with Crippen LogP contribution in [-0.2, 0) is 21.1 Å². The molecule has 50 valence electrons. The zero-order valence-electron chi connectivity index (χ0n) is 3.81. The predicted octanol–water partition coefficient (Wildman–Crippen LogP) is -0.402. The first-order valence-corrected chi connectivity index (χ1v) is 5.56. The van der Waals surface area contributed by atoms with Gasteiger partial charge in [0.25, 0.3) is 5.69 Å². The summed E-state index contributed by atoms with van der Waals surface area (Å²) in [6.07, 6.45) is 0. The van der Waals surface area contributed by atoms with E-state index in [2.05, 4.69) is 32.8 Å². The van der Waals surface area contributed by atoms with Crippen LogP contribution in [0.5, 0.6) is 0 Å². The number of hydrogen-bond acceptors (Lipinski definition) is 7. The molecule has 8 heavy (non-hydrogen) atoms. The largest absolute Gasteiger partial charge is 0.294 e. The topological polar surface area (TPSA) is 96.5 Å². The van der Waals surface area contributed by atoms with Crippen molar-refractivity contribution in [3.63, 3.8) is 0 Å². The lowest BCUT2D eigenvalue weighted by Crippen LogP contribution is -2.03. The summed E-state index contributed by atoms with van der Waals surface area (Å²) >= 11 is 5.26. The predicted molar refractivity (Wildman–Crippen MR) is 36.6 cm³/mol. The molecule has 0 aliphatic carbocycles. The highest BCUT2D eigenvalue weighted by atomic mass is 32.9. The Labute approximate surface area is 55.8 Å². The van der Waals surface area contributed by atoms with Crippen molar-refractivity contribution in [3.05, 3.63) is 0 Å². The second kappa shape index (κ2) is 3.76. The second-order valence-corrected chi connectivity index (χ2v) is 6.50. The van der Waals surface area contributed by atoms with Crippen molar-refractivity contribution in [2.24, 2.45) is 16.9 Å². The molecule has 0 aromatic carbocycles. The van der Waals surface area contributed by atoms with Gasteiger partial charge in [0.1, 0.15) is 0 Å². The van der Waals surface area contributed by atoms with Crippen LogP contribution < -0.4 is 16.9 Å². The molecule has 0 saturated heterocycles. The van der Waals surface area contributed by atoms with Gasteiger partial charge in [0.15, 0.2) is 0 Å². The number of nitrogens with two attached hydrogens (primary N) is 3. The molecule has 0 amide bonds. The highest BCUT2D eigenvalue weighted by molar-refractivity contribution is 8.67. The van der Waals surface area contributed by atoms with Crippen LogP contribution in [0.1, 0.15) is 0 Å². The van der Waals surface area contributed by atoms with Gasteiger partial charge in [-0.05, 0) is 11.8 Å². The fourth-order valence-electron chi connectivity index (χ4n) is 0.0745. The Morgan fingerprint density at radius 2 is 1.75 bits per heavy atom. The first kappa shape index (κ1) is 8.80. The van der Waals surface area contributed by atoms with E-state index in [0.717, 1.165) is 0 Å². The zero-order valence-corrected chi connectivity index (χ0v) is 6.34. The molecule has 0 heterocycles. The van der Waals surface area contributed by atoms with E-state index >= 15 is 0 Å². The van der Waals surface area contributed by atoms with Crippen molar-refractivity contribution in [1.82, 2.24) is 0 Å². The lowest BCUT2D eigenvalue weighted by atomic mass is 13.6. The normalized spacial score (nSPS) is 11.9. The van der Waals surface area contributed by atoms with Gasteiger partial charge in [0.2, 0.25) is 0 Å². The summed E-state index contributed by atoms with van der Waals surface area (Å²) < 4.78 is 8.31. The van der Waals surface area contributed by atoms with Crippen LogP contribution in [-0.4, -0.2) is 0 Å². The standard InChI is InChI=1S/H6N3O2PS2/c1-4-6(7,5-2)8-3/h1-3H2. The third kappa shape index (κ3) is 2.38. The van der Waals surface area contributed by atoms with Crippen LogP contribution in [0.25, 0.3) is 0 Å². The quantitative estimate of drug-likeness (QED) is 0.305. The summed E-state index contributed by atoms with van der Waals surface area (Å²) in [6.45, 7) is 0. The van der Waals surface area contributed by atoms with E-state index in [1.165, 1.54) is 0 Å². The molecule has 0 radical (unpaired) electrons. The van der Waals surface area contributed by atoms with Crippen molar-refractivity contribution >= 4 is 29.1 Å². The molecule has 0 unspecified atom stereocenters. The third-order valence-corrected chi connectivity index (χ3v) is 3.74. The van der Waals surface area contributed by atoms with Crippen molar-refractivity contribution in [3.8, 4) is 0 Å². The molecule has 5 nitrogen and oxygen atoms in total. The molecule has 0 spiro atoms. The van der Waals surface area contributed by atoms with Crippen molar-refractivity contribution in [1.29, 1.82) is 0 Å². The van der Waals surface area contributed by atoms with Crippen LogP contribution in [0.2, 0.25) is 0 Å². The maximum atomic E-state index is 4.98. The molecule has 0 saturated carbocycles. The van der Waals surface area contributed by atoms with E-state index < -0.39 is 5.69 Å². The first-order chi connectivity index (χ1) is 3.68. The van der Waals surface area contributed by atoms with Gasteiger partial charge in [-0.2, -0.15) is 0 Å². The second-order valence-electron chi connectivity index (χ2n) is 0.763. The molecule has 0 aromatic rings. The Bertz CT molecular complexity index is 86.4. The van der Waals surface area contributed by atoms with Crippen molar-refractivity contribution in [2.45, 2.75) is 0 Å². The Kier molecular flexibility index (Phi) is 4.13. The van der Waals surface area contributed by atoms with Crippen LogP contribution in [0.15, 0.2) is 0 Å². The van der Waals surface area contributed by atoms with E-state index in [-0.39, 0.29) is 0 Å². The molecule has 0 aliphatic heterocycles. The molecule has 8 heteroatoms. The fourth-order valence-corrected chi connectivity index (χ4v) is 0.522. The molecular formula is H6N3O2PS2. The van der Waals surface area contributed by atoms with Gasteiger partial charge in [-0.25, -0.2) is 21.0 Å². The van der Waals surface area contributed by atoms with E-state index in [1.807, 2.05) is 0 Å². The highest BCUT2D eigenvalue weighted by Crippen LogP contribution is 2.54. The minimum Gasteiger partial charge on any atom is -0.270 e. The Hall–Kier alpha value is 0.800. The van der Waals surface area contributed by atoms with Crippen LogP contribution in [0, 0.1) is 0 Å².